The molecule has 2 aromatic rings. The average molecular weight is 177 g/mol. The van der Waals surface area contributed by atoms with Crippen LogP contribution < -0.4 is 0 Å². The molecule has 0 saturated carbocycles. The number of nitrogens with one attached hydrogen (secondary N) is 2. The first-order valence-electron chi connectivity index (χ1n) is 3.50. The smallest absolute Gasteiger partial charge is 0.168 e. The van der Waals surface area contributed by atoms with Crippen molar-refractivity contribution in [2.75, 3.05) is 0 Å². The van der Waals surface area contributed by atoms with E-state index in [-0.39, 0.29) is 0 Å². The Labute approximate surface area is 73.5 Å². The Morgan fingerprint density at radius 2 is 2.00 bits per heavy atom. The fourth-order valence-corrected chi connectivity index (χ4v) is 1.07. The fraction of sp³-hybridized carbons (Fsp3) is 0. The fourth-order valence-electron chi connectivity index (χ4n) is 1.07. The van der Waals surface area contributed by atoms with Gasteiger partial charge in [-0.2, -0.15) is 10.0 Å². The van der Waals surface area contributed by atoms with Crippen LogP contribution in [-0.2, 0) is 0 Å². The molecule has 1 aromatic carbocycles. The van der Waals surface area contributed by atoms with Crippen LogP contribution in [0.5, 0.6) is 0 Å². The zero-order chi connectivity index (χ0) is 9.68. The van der Waals surface area contributed by atoms with Crippen LogP contribution in [0.2, 0.25) is 0 Å². The Morgan fingerprint density at radius 3 is 2.69 bits per heavy atom. The first kappa shape index (κ1) is 9.05. The molecule has 0 radical (unpaired) electrons. The number of aromatic amines is 1. The Hall–Kier alpha value is -2.04. The van der Waals surface area contributed by atoms with E-state index in [2.05, 4.69) is 15.8 Å². The quantitative estimate of drug-likeness (QED) is 0.513. The molecule has 0 aliphatic carbocycles. The molecule has 13 heavy (non-hydrogen) atoms. The number of para-hydroxylation sites is 1. The SMILES string of the molecule is N=O.O=Cc1[nH]nc2ccccc12. The summed E-state index contributed by atoms with van der Waals surface area (Å²) < 4.78 is 0. The number of nitroso groups, excluding NO2 is 1. The van der Waals surface area contributed by atoms with E-state index in [0.717, 1.165) is 17.2 Å². The van der Waals surface area contributed by atoms with E-state index in [1.54, 1.807) is 0 Å². The molecule has 1 heterocycles. The second kappa shape index (κ2) is 4.10. The Balaban J connectivity index is 0.000000396. The van der Waals surface area contributed by atoms with E-state index in [0.29, 0.717) is 5.69 Å². The highest BCUT2D eigenvalue weighted by molar-refractivity contribution is 5.94. The second-order valence-electron chi connectivity index (χ2n) is 2.27. The number of carbonyl (C=O) groups is 1. The molecule has 0 unspecified atom stereocenters. The third-order valence-corrected chi connectivity index (χ3v) is 1.61. The van der Waals surface area contributed by atoms with Gasteiger partial charge in [0.1, 0.15) is 5.69 Å². The van der Waals surface area contributed by atoms with Gasteiger partial charge in [-0.25, -0.2) is 0 Å². The summed E-state index contributed by atoms with van der Waals surface area (Å²) in [5.41, 5.74) is 5.87. The van der Waals surface area contributed by atoms with Gasteiger partial charge < -0.3 is 0 Å². The summed E-state index contributed by atoms with van der Waals surface area (Å²) in [6.45, 7) is 0. The molecule has 0 aliphatic rings. The van der Waals surface area contributed by atoms with Gasteiger partial charge in [0.15, 0.2) is 6.29 Å². The summed E-state index contributed by atoms with van der Waals surface area (Å²) in [6.07, 6.45) is 0.773. The molecule has 0 fully saturated rings. The van der Waals surface area contributed by atoms with Crippen LogP contribution in [0.25, 0.3) is 10.9 Å². The number of rotatable bonds is 1. The summed E-state index contributed by atoms with van der Waals surface area (Å²) in [6, 6.07) is 7.49. The highest BCUT2D eigenvalue weighted by Crippen LogP contribution is 2.12. The van der Waals surface area contributed by atoms with Crippen molar-refractivity contribution in [3.05, 3.63) is 34.9 Å². The molecule has 5 nitrogen and oxygen atoms in total. The van der Waals surface area contributed by atoms with E-state index in [1.807, 2.05) is 24.3 Å². The summed E-state index contributed by atoms with van der Waals surface area (Å²) in [5.74, 6) is 0. The molecule has 1 aromatic heterocycles. The third kappa shape index (κ3) is 1.58. The van der Waals surface area contributed by atoms with Gasteiger partial charge in [-0.3, -0.25) is 9.89 Å². The van der Waals surface area contributed by atoms with Crippen molar-refractivity contribution in [3.63, 3.8) is 0 Å². The molecule has 0 atom stereocenters. The van der Waals surface area contributed by atoms with Gasteiger partial charge in [0.2, 0.25) is 0 Å². The zero-order valence-electron chi connectivity index (χ0n) is 6.65. The van der Waals surface area contributed by atoms with Crippen molar-refractivity contribution in [1.29, 1.82) is 5.59 Å². The normalized spacial score (nSPS) is 8.92. The first-order valence-corrected chi connectivity index (χ1v) is 3.50. The average Bonchev–Trinajstić information content (AvgIpc) is 2.64. The van der Waals surface area contributed by atoms with Crippen molar-refractivity contribution < 1.29 is 4.79 Å². The number of hydrogen-bond donors (Lipinski definition) is 2. The van der Waals surface area contributed by atoms with Crippen LogP contribution in [0, 0.1) is 10.5 Å². The molecular formula is C8H7N3O2. The topological polar surface area (TPSA) is 86.7 Å². The zero-order valence-corrected chi connectivity index (χ0v) is 6.65. The predicted molar refractivity (Wildman–Crippen MR) is 47.6 cm³/mol. The lowest BCUT2D eigenvalue weighted by atomic mass is 10.2. The van der Waals surface area contributed by atoms with Crippen LogP contribution in [0.4, 0.5) is 0 Å². The third-order valence-electron chi connectivity index (χ3n) is 1.61. The van der Waals surface area contributed by atoms with E-state index in [1.165, 1.54) is 0 Å². The number of benzene rings is 1. The predicted octanol–water partition coefficient (Wildman–Crippen LogP) is 1.71. The molecule has 0 amide bonds. The minimum Gasteiger partial charge on any atom is -0.296 e. The highest BCUT2D eigenvalue weighted by Gasteiger charge is 2.00. The lowest BCUT2D eigenvalue weighted by molar-refractivity contribution is 0.112. The van der Waals surface area contributed by atoms with E-state index in [9.17, 15) is 4.79 Å². The lowest BCUT2D eigenvalue weighted by Crippen LogP contribution is -1.77. The van der Waals surface area contributed by atoms with Crippen molar-refractivity contribution >= 4 is 17.2 Å². The van der Waals surface area contributed by atoms with Crippen LogP contribution in [0.1, 0.15) is 10.5 Å². The monoisotopic (exact) mass is 177 g/mol. The van der Waals surface area contributed by atoms with Gasteiger partial charge in [-0.15, -0.1) is 0 Å². The summed E-state index contributed by atoms with van der Waals surface area (Å²) in [5, 5.41) is 7.46. The van der Waals surface area contributed by atoms with Crippen LogP contribution >= 0.6 is 0 Å². The van der Waals surface area contributed by atoms with Gasteiger partial charge in [-0.1, -0.05) is 23.8 Å². The molecule has 0 bridgehead atoms. The van der Waals surface area contributed by atoms with Crippen LogP contribution in [-0.4, -0.2) is 16.5 Å². The number of carbonyl (C=O) groups excluding carboxylic acids is 1. The molecule has 2 rings (SSSR count). The minimum absolute atomic E-state index is 0.542. The van der Waals surface area contributed by atoms with Crippen molar-refractivity contribution in [3.8, 4) is 0 Å². The van der Waals surface area contributed by atoms with Gasteiger partial charge >= 0.3 is 0 Å². The van der Waals surface area contributed by atoms with E-state index >= 15 is 0 Å². The summed E-state index contributed by atoms with van der Waals surface area (Å²) >= 11 is 0. The number of aromatic nitrogens is 2. The molecule has 0 aliphatic heterocycles. The largest absolute Gasteiger partial charge is 0.296 e. The number of hydrogen-bond acceptors (Lipinski definition) is 4. The van der Waals surface area contributed by atoms with Gasteiger partial charge in [-0.05, 0) is 6.07 Å². The van der Waals surface area contributed by atoms with Gasteiger partial charge in [0.05, 0.1) is 5.52 Å². The highest BCUT2D eigenvalue weighted by atomic mass is 16.2. The summed E-state index contributed by atoms with van der Waals surface area (Å²) in [7, 11) is 0. The maximum absolute atomic E-state index is 10.4. The first-order chi connectivity index (χ1) is 6.42. The van der Waals surface area contributed by atoms with Crippen LogP contribution in [0.3, 0.4) is 0 Å². The molecule has 2 N–H and O–H groups in total. The van der Waals surface area contributed by atoms with Crippen molar-refractivity contribution in [2.24, 2.45) is 0 Å². The Bertz CT molecular complexity index is 410. The second-order valence-corrected chi connectivity index (χ2v) is 2.27. The van der Waals surface area contributed by atoms with E-state index < -0.39 is 0 Å². The molecular weight excluding hydrogens is 170 g/mol. The molecule has 5 heteroatoms. The molecule has 0 saturated heterocycles. The minimum atomic E-state index is 0.542. The lowest BCUT2D eigenvalue weighted by Gasteiger charge is -1.83. The van der Waals surface area contributed by atoms with Crippen LogP contribution in [0.15, 0.2) is 24.3 Å². The summed E-state index contributed by atoms with van der Waals surface area (Å²) in [4.78, 5) is 17.9. The van der Waals surface area contributed by atoms with Gasteiger partial charge in [0, 0.05) is 5.39 Å². The Morgan fingerprint density at radius 1 is 1.31 bits per heavy atom. The number of nitrogens with zero attached hydrogens (tertiary/aromatic N) is 1. The number of fused-ring (bicyclic) bond motifs is 1. The number of aldehydes is 1. The Kier molecular flexibility index (Phi) is 2.86. The van der Waals surface area contributed by atoms with Gasteiger partial charge in [0.25, 0.3) is 0 Å². The van der Waals surface area contributed by atoms with Crippen molar-refractivity contribution in [2.45, 2.75) is 0 Å². The van der Waals surface area contributed by atoms with E-state index in [4.69, 9.17) is 4.91 Å². The molecule has 66 valence electrons. The maximum Gasteiger partial charge on any atom is 0.168 e. The van der Waals surface area contributed by atoms with Crippen molar-refractivity contribution in [1.82, 2.24) is 10.2 Å². The number of H-pyrrole nitrogens is 1. The standard InChI is InChI=1S/C8H6N2O.HNO/c11-5-8-6-3-1-2-4-7(6)9-10-8;1-2/h1-5H,(H,9,10);1H. The molecule has 0 spiro atoms. The maximum atomic E-state index is 10.4.